The van der Waals surface area contributed by atoms with E-state index in [-0.39, 0.29) is 17.8 Å². The third-order valence-corrected chi connectivity index (χ3v) is 6.66. The zero-order valence-corrected chi connectivity index (χ0v) is 21.7. The molecule has 0 radical (unpaired) electrons. The van der Waals surface area contributed by atoms with Gasteiger partial charge in [0.1, 0.15) is 11.5 Å². The third kappa shape index (κ3) is 5.32. The molecular weight excluding hydrogens is 454 g/mol. The zero-order chi connectivity index (χ0) is 25.8. The highest BCUT2D eigenvalue weighted by atomic mass is 16.5. The molecule has 0 aromatic heterocycles. The van der Waals surface area contributed by atoms with Crippen LogP contribution in [0, 0.1) is 0 Å². The molecule has 2 aromatic rings. The second-order valence-corrected chi connectivity index (χ2v) is 9.66. The van der Waals surface area contributed by atoms with Crippen LogP contribution >= 0.6 is 0 Å². The van der Waals surface area contributed by atoms with E-state index in [4.69, 9.17) is 14.2 Å². The number of hydrogen-bond acceptors (Lipinski definition) is 6. The molecule has 36 heavy (non-hydrogen) atoms. The van der Waals surface area contributed by atoms with Crippen molar-refractivity contribution in [3.8, 4) is 11.5 Å². The Labute approximate surface area is 213 Å². The summed E-state index contributed by atoms with van der Waals surface area (Å²) in [5.41, 5.74) is 4.71. The first kappa shape index (κ1) is 25.5. The normalized spacial score (nSPS) is 19.7. The summed E-state index contributed by atoms with van der Waals surface area (Å²) in [6, 6.07) is 15.6. The highest BCUT2D eigenvalue weighted by molar-refractivity contribution is 6.04. The molecule has 1 heterocycles. The van der Waals surface area contributed by atoms with Crippen LogP contribution in [0.5, 0.6) is 11.5 Å². The third-order valence-electron chi connectivity index (χ3n) is 6.66. The number of carbonyl (C=O) groups excluding carboxylic acids is 2. The first-order valence-electron chi connectivity index (χ1n) is 12.6. The number of hydrogen-bond donors (Lipinski definition) is 1. The van der Waals surface area contributed by atoms with Gasteiger partial charge < -0.3 is 19.5 Å². The summed E-state index contributed by atoms with van der Waals surface area (Å²) in [6.45, 7) is 8.24. The fourth-order valence-corrected chi connectivity index (χ4v) is 5.01. The molecule has 0 fully saturated rings. The van der Waals surface area contributed by atoms with E-state index in [1.54, 1.807) is 7.11 Å². The SMILES string of the molecule is CCCOc1ccc(C2C(C(=O)OC(C)C)=C(C)NC3=C2C(=O)CC(c2ccc(OC)cc2)C3)cc1. The maximum absolute atomic E-state index is 13.7. The van der Waals surface area contributed by atoms with Gasteiger partial charge in [-0.3, -0.25) is 4.79 Å². The molecule has 6 heteroatoms. The largest absolute Gasteiger partial charge is 0.497 e. The summed E-state index contributed by atoms with van der Waals surface area (Å²) in [6.07, 6.45) is 1.72. The molecule has 1 aliphatic carbocycles. The number of allylic oxidation sites excluding steroid dienone is 3. The molecule has 0 amide bonds. The lowest BCUT2D eigenvalue weighted by Gasteiger charge is -2.37. The minimum atomic E-state index is -0.489. The number of carbonyl (C=O) groups is 2. The Kier molecular flexibility index (Phi) is 7.82. The quantitative estimate of drug-likeness (QED) is 0.473. The van der Waals surface area contributed by atoms with Crippen LogP contribution in [0.4, 0.5) is 0 Å². The van der Waals surface area contributed by atoms with E-state index in [0.29, 0.717) is 30.6 Å². The van der Waals surface area contributed by atoms with Gasteiger partial charge in [-0.25, -0.2) is 4.79 Å². The molecule has 4 rings (SSSR count). The van der Waals surface area contributed by atoms with Gasteiger partial charge in [0.05, 0.1) is 25.4 Å². The van der Waals surface area contributed by atoms with E-state index in [1.807, 2.05) is 69.3 Å². The molecular formula is C30H35NO5. The molecule has 1 aliphatic heterocycles. The van der Waals surface area contributed by atoms with Crippen LogP contribution in [0.2, 0.25) is 0 Å². The molecule has 190 valence electrons. The molecule has 1 N–H and O–H groups in total. The smallest absolute Gasteiger partial charge is 0.337 e. The Morgan fingerprint density at radius 1 is 1.00 bits per heavy atom. The monoisotopic (exact) mass is 489 g/mol. The average molecular weight is 490 g/mol. The maximum Gasteiger partial charge on any atom is 0.337 e. The van der Waals surface area contributed by atoms with E-state index in [9.17, 15) is 9.59 Å². The number of Topliss-reactive ketones (excluding diaryl/α,β-unsaturated/α-hetero) is 1. The number of dihydropyridines is 1. The molecule has 2 atom stereocenters. The minimum absolute atomic E-state index is 0.0447. The van der Waals surface area contributed by atoms with Crippen molar-refractivity contribution in [3.63, 3.8) is 0 Å². The van der Waals surface area contributed by atoms with Crippen LogP contribution < -0.4 is 14.8 Å². The van der Waals surface area contributed by atoms with Crippen LogP contribution in [-0.4, -0.2) is 31.6 Å². The first-order chi connectivity index (χ1) is 17.3. The number of benzene rings is 2. The molecule has 0 bridgehead atoms. The summed E-state index contributed by atoms with van der Waals surface area (Å²) in [7, 11) is 1.64. The van der Waals surface area contributed by atoms with Crippen molar-refractivity contribution in [1.82, 2.24) is 5.32 Å². The van der Waals surface area contributed by atoms with E-state index < -0.39 is 11.9 Å². The summed E-state index contributed by atoms with van der Waals surface area (Å²) in [5.74, 6) is 0.765. The lowest BCUT2D eigenvalue weighted by molar-refractivity contribution is -0.143. The number of methoxy groups -OCH3 is 1. The minimum Gasteiger partial charge on any atom is -0.497 e. The van der Waals surface area contributed by atoms with Crippen molar-refractivity contribution in [2.24, 2.45) is 0 Å². The zero-order valence-electron chi connectivity index (χ0n) is 21.7. The number of rotatable bonds is 8. The Balaban J connectivity index is 1.73. The van der Waals surface area contributed by atoms with Crippen molar-refractivity contribution in [3.05, 3.63) is 82.2 Å². The van der Waals surface area contributed by atoms with Crippen molar-refractivity contribution < 1.29 is 23.8 Å². The highest BCUT2D eigenvalue weighted by Gasteiger charge is 2.41. The van der Waals surface area contributed by atoms with Gasteiger partial charge in [-0.1, -0.05) is 31.2 Å². The molecule has 0 spiro atoms. The fraction of sp³-hybridized carbons (Fsp3) is 0.400. The predicted octanol–water partition coefficient (Wildman–Crippen LogP) is 5.80. The van der Waals surface area contributed by atoms with E-state index in [1.165, 1.54) is 0 Å². The number of ether oxygens (including phenoxy) is 3. The standard InChI is InChI=1S/C30H35NO5/c1-6-15-35-24-13-9-21(10-14-24)28-27(30(33)36-18(2)3)19(4)31-25-16-22(17-26(32)29(25)28)20-7-11-23(34-5)12-8-20/h7-14,18,22,28,31H,6,15-17H2,1-5H3. The van der Waals surface area contributed by atoms with Gasteiger partial charge in [-0.05, 0) is 74.9 Å². The van der Waals surface area contributed by atoms with E-state index in [2.05, 4.69) is 12.2 Å². The number of ketones is 1. The van der Waals surface area contributed by atoms with Crippen LogP contribution in [0.3, 0.4) is 0 Å². The van der Waals surface area contributed by atoms with Gasteiger partial charge in [0.25, 0.3) is 0 Å². The van der Waals surface area contributed by atoms with Crippen molar-refractivity contribution >= 4 is 11.8 Å². The summed E-state index contributed by atoms with van der Waals surface area (Å²) in [4.78, 5) is 27.0. The molecule has 2 unspecified atom stereocenters. The molecule has 0 saturated heterocycles. The predicted molar refractivity (Wildman–Crippen MR) is 139 cm³/mol. The van der Waals surface area contributed by atoms with Crippen LogP contribution in [0.1, 0.15) is 69.9 Å². The van der Waals surface area contributed by atoms with Gasteiger partial charge in [0.15, 0.2) is 5.78 Å². The molecule has 6 nitrogen and oxygen atoms in total. The molecule has 0 saturated carbocycles. The summed E-state index contributed by atoms with van der Waals surface area (Å²) < 4.78 is 16.6. The van der Waals surface area contributed by atoms with Crippen LogP contribution in [0.15, 0.2) is 71.1 Å². The highest BCUT2D eigenvalue weighted by Crippen LogP contribution is 2.46. The molecule has 2 aliphatic rings. The van der Waals surface area contributed by atoms with Gasteiger partial charge >= 0.3 is 5.97 Å². The van der Waals surface area contributed by atoms with Gasteiger partial charge in [-0.2, -0.15) is 0 Å². The van der Waals surface area contributed by atoms with Crippen molar-refractivity contribution in [1.29, 1.82) is 0 Å². The lowest BCUT2D eigenvalue weighted by Crippen LogP contribution is -2.36. The topological polar surface area (TPSA) is 73.9 Å². The van der Waals surface area contributed by atoms with Crippen LogP contribution in [-0.2, 0) is 14.3 Å². The Hall–Kier alpha value is -3.54. The van der Waals surface area contributed by atoms with E-state index in [0.717, 1.165) is 40.4 Å². The Morgan fingerprint density at radius 2 is 1.64 bits per heavy atom. The second-order valence-electron chi connectivity index (χ2n) is 9.66. The van der Waals surface area contributed by atoms with Gasteiger partial charge in [0.2, 0.25) is 0 Å². The van der Waals surface area contributed by atoms with Crippen LogP contribution in [0.25, 0.3) is 0 Å². The Morgan fingerprint density at radius 3 is 2.25 bits per heavy atom. The summed E-state index contributed by atoms with van der Waals surface area (Å²) >= 11 is 0. The van der Waals surface area contributed by atoms with Crippen molar-refractivity contribution in [2.75, 3.05) is 13.7 Å². The Bertz CT molecular complexity index is 1170. The maximum atomic E-state index is 13.7. The lowest BCUT2D eigenvalue weighted by atomic mass is 9.71. The first-order valence-corrected chi connectivity index (χ1v) is 12.6. The molecule has 2 aromatic carbocycles. The van der Waals surface area contributed by atoms with Crippen molar-refractivity contribution in [2.45, 2.75) is 64.9 Å². The fourth-order valence-electron chi connectivity index (χ4n) is 5.01. The van der Waals surface area contributed by atoms with Gasteiger partial charge in [-0.15, -0.1) is 0 Å². The van der Waals surface area contributed by atoms with Gasteiger partial charge in [0, 0.05) is 29.3 Å². The second kappa shape index (κ2) is 11.0. The van der Waals surface area contributed by atoms with E-state index >= 15 is 0 Å². The number of esters is 1. The average Bonchev–Trinajstić information content (AvgIpc) is 2.86. The summed E-state index contributed by atoms with van der Waals surface area (Å²) in [5, 5.41) is 3.40. The number of nitrogens with one attached hydrogen (secondary N) is 1.